The van der Waals surface area contributed by atoms with Crippen molar-refractivity contribution in [1.82, 2.24) is 4.90 Å². The Labute approximate surface area is 146 Å². The molecule has 0 saturated carbocycles. The number of amides is 1. The third-order valence-corrected chi connectivity index (χ3v) is 5.00. The SMILES string of the molecule is CSc1ccc(-c2ccc(C(=O)N3CCOC[C@H]3CO)cc2)cc1. The van der Waals surface area contributed by atoms with E-state index in [0.29, 0.717) is 25.3 Å². The van der Waals surface area contributed by atoms with Crippen LogP contribution in [0, 0.1) is 0 Å². The molecule has 1 amide bonds. The van der Waals surface area contributed by atoms with Crippen LogP contribution in [0.4, 0.5) is 0 Å². The van der Waals surface area contributed by atoms with E-state index < -0.39 is 0 Å². The van der Waals surface area contributed by atoms with Crippen LogP contribution in [0.3, 0.4) is 0 Å². The standard InChI is InChI=1S/C19H21NO3S/c1-24-18-8-6-15(7-9-18)14-2-4-16(5-3-14)19(22)20-10-11-23-13-17(20)12-21/h2-9,17,21H,10-13H2,1H3/t17-/m1/s1. The number of aliphatic hydroxyl groups is 1. The maximum atomic E-state index is 12.7. The van der Waals surface area contributed by atoms with E-state index in [1.807, 2.05) is 24.3 Å². The molecule has 1 saturated heterocycles. The van der Waals surface area contributed by atoms with Crippen molar-refractivity contribution in [3.05, 3.63) is 54.1 Å². The lowest BCUT2D eigenvalue weighted by Crippen LogP contribution is -2.50. The first-order chi connectivity index (χ1) is 11.7. The Bertz CT molecular complexity index is 685. The molecule has 0 spiro atoms. The van der Waals surface area contributed by atoms with Crippen LogP contribution < -0.4 is 0 Å². The highest BCUT2D eigenvalue weighted by Crippen LogP contribution is 2.24. The third-order valence-electron chi connectivity index (χ3n) is 4.25. The Hall–Kier alpha value is -1.82. The minimum absolute atomic E-state index is 0.0540. The van der Waals surface area contributed by atoms with Crippen LogP contribution >= 0.6 is 11.8 Å². The molecule has 0 bridgehead atoms. The van der Waals surface area contributed by atoms with Crippen molar-refractivity contribution in [2.75, 3.05) is 32.6 Å². The Morgan fingerprint density at radius 1 is 1.17 bits per heavy atom. The highest BCUT2D eigenvalue weighted by atomic mass is 32.2. The van der Waals surface area contributed by atoms with Gasteiger partial charge < -0.3 is 14.7 Å². The lowest BCUT2D eigenvalue weighted by Gasteiger charge is -2.34. The van der Waals surface area contributed by atoms with Gasteiger partial charge in [-0.05, 0) is 41.6 Å². The molecule has 126 valence electrons. The number of aliphatic hydroxyl groups excluding tert-OH is 1. The van der Waals surface area contributed by atoms with Crippen molar-refractivity contribution in [3.8, 4) is 11.1 Å². The molecule has 1 aliphatic heterocycles. The van der Waals surface area contributed by atoms with Crippen molar-refractivity contribution >= 4 is 17.7 Å². The zero-order valence-corrected chi connectivity index (χ0v) is 14.5. The minimum Gasteiger partial charge on any atom is -0.394 e. The van der Waals surface area contributed by atoms with Crippen LogP contribution in [0.5, 0.6) is 0 Å². The second-order valence-corrected chi connectivity index (χ2v) is 6.60. The van der Waals surface area contributed by atoms with Gasteiger partial charge in [0.05, 0.1) is 25.9 Å². The monoisotopic (exact) mass is 343 g/mol. The smallest absolute Gasteiger partial charge is 0.254 e. The van der Waals surface area contributed by atoms with Gasteiger partial charge in [-0.1, -0.05) is 24.3 Å². The quantitative estimate of drug-likeness (QED) is 0.867. The summed E-state index contributed by atoms with van der Waals surface area (Å²) in [5.74, 6) is -0.0540. The zero-order chi connectivity index (χ0) is 16.9. The summed E-state index contributed by atoms with van der Waals surface area (Å²) in [6, 6.07) is 15.8. The molecule has 1 heterocycles. The van der Waals surface area contributed by atoms with E-state index in [9.17, 15) is 9.90 Å². The summed E-state index contributed by atoms with van der Waals surface area (Å²) < 4.78 is 5.33. The van der Waals surface area contributed by atoms with Gasteiger partial charge in [-0.15, -0.1) is 11.8 Å². The number of morpholine rings is 1. The van der Waals surface area contributed by atoms with Crippen LogP contribution in [0.25, 0.3) is 11.1 Å². The van der Waals surface area contributed by atoms with E-state index in [1.165, 1.54) is 4.90 Å². The van der Waals surface area contributed by atoms with Crippen LogP contribution in [0.1, 0.15) is 10.4 Å². The molecule has 5 heteroatoms. The maximum absolute atomic E-state index is 12.7. The summed E-state index contributed by atoms with van der Waals surface area (Å²) in [4.78, 5) is 15.6. The number of hydrogen-bond donors (Lipinski definition) is 1. The molecule has 1 N–H and O–H groups in total. The van der Waals surface area contributed by atoms with Crippen LogP contribution in [0.15, 0.2) is 53.4 Å². The second kappa shape index (κ2) is 7.83. The fourth-order valence-electron chi connectivity index (χ4n) is 2.83. The molecule has 1 fully saturated rings. The Morgan fingerprint density at radius 3 is 2.38 bits per heavy atom. The van der Waals surface area contributed by atoms with E-state index in [4.69, 9.17) is 4.74 Å². The number of nitrogens with zero attached hydrogens (tertiary/aromatic N) is 1. The first-order valence-electron chi connectivity index (χ1n) is 7.97. The van der Waals surface area contributed by atoms with Gasteiger partial charge in [0.25, 0.3) is 5.91 Å². The maximum Gasteiger partial charge on any atom is 0.254 e. The largest absolute Gasteiger partial charge is 0.394 e. The summed E-state index contributed by atoms with van der Waals surface area (Å²) in [5.41, 5.74) is 2.85. The van der Waals surface area contributed by atoms with E-state index in [0.717, 1.165) is 11.1 Å². The fraction of sp³-hybridized carbons (Fsp3) is 0.316. The van der Waals surface area contributed by atoms with Crippen molar-refractivity contribution in [2.45, 2.75) is 10.9 Å². The molecule has 1 aliphatic rings. The van der Waals surface area contributed by atoms with Crippen LogP contribution in [-0.4, -0.2) is 54.6 Å². The molecule has 4 nitrogen and oxygen atoms in total. The lowest BCUT2D eigenvalue weighted by atomic mass is 10.0. The number of carbonyl (C=O) groups is 1. The highest BCUT2D eigenvalue weighted by molar-refractivity contribution is 7.98. The number of hydrogen-bond acceptors (Lipinski definition) is 4. The third kappa shape index (κ3) is 3.64. The summed E-state index contributed by atoms with van der Waals surface area (Å²) in [6.45, 7) is 1.35. The molecular weight excluding hydrogens is 322 g/mol. The molecule has 24 heavy (non-hydrogen) atoms. The summed E-state index contributed by atoms with van der Waals surface area (Å²) >= 11 is 1.72. The molecule has 0 aromatic heterocycles. The van der Waals surface area contributed by atoms with Gasteiger partial charge >= 0.3 is 0 Å². The molecule has 0 aliphatic carbocycles. The number of carbonyl (C=O) groups excluding carboxylic acids is 1. The number of rotatable bonds is 4. The average molecular weight is 343 g/mol. The van der Waals surface area contributed by atoms with Crippen molar-refractivity contribution in [3.63, 3.8) is 0 Å². The lowest BCUT2D eigenvalue weighted by molar-refractivity contribution is -0.0183. The van der Waals surface area contributed by atoms with E-state index in [2.05, 4.69) is 30.5 Å². The summed E-state index contributed by atoms with van der Waals surface area (Å²) in [5, 5.41) is 9.42. The topological polar surface area (TPSA) is 49.8 Å². The van der Waals surface area contributed by atoms with Gasteiger partial charge in [-0.2, -0.15) is 0 Å². The first kappa shape index (κ1) is 17.0. The average Bonchev–Trinajstić information content (AvgIpc) is 2.67. The minimum atomic E-state index is -0.259. The Balaban J connectivity index is 1.76. The van der Waals surface area contributed by atoms with Crippen LogP contribution in [0.2, 0.25) is 0 Å². The molecular formula is C19H21NO3S. The van der Waals surface area contributed by atoms with Crippen molar-refractivity contribution < 1.29 is 14.6 Å². The molecule has 2 aromatic carbocycles. The van der Waals surface area contributed by atoms with E-state index in [-0.39, 0.29) is 18.6 Å². The van der Waals surface area contributed by atoms with Crippen LogP contribution in [-0.2, 0) is 4.74 Å². The van der Waals surface area contributed by atoms with Crippen molar-refractivity contribution in [2.24, 2.45) is 0 Å². The molecule has 2 aromatic rings. The van der Waals surface area contributed by atoms with E-state index >= 15 is 0 Å². The fourth-order valence-corrected chi connectivity index (χ4v) is 3.24. The predicted octanol–water partition coefficient (Wildman–Crippen LogP) is 2.91. The Kier molecular flexibility index (Phi) is 5.56. The number of benzene rings is 2. The van der Waals surface area contributed by atoms with Gasteiger partial charge in [0.2, 0.25) is 0 Å². The van der Waals surface area contributed by atoms with Gasteiger partial charge in [0.1, 0.15) is 0 Å². The molecule has 3 rings (SSSR count). The number of ether oxygens (including phenoxy) is 1. The van der Waals surface area contributed by atoms with Gasteiger partial charge in [0.15, 0.2) is 0 Å². The number of thioether (sulfide) groups is 1. The second-order valence-electron chi connectivity index (χ2n) is 5.72. The Morgan fingerprint density at radius 2 is 1.79 bits per heavy atom. The zero-order valence-electron chi connectivity index (χ0n) is 13.6. The summed E-state index contributed by atoms with van der Waals surface area (Å²) in [7, 11) is 0. The van der Waals surface area contributed by atoms with Gasteiger partial charge in [-0.25, -0.2) is 0 Å². The summed E-state index contributed by atoms with van der Waals surface area (Å²) in [6.07, 6.45) is 2.06. The first-order valence-corrected chi connectivity index (χ1v) is 9.19. The van der Waals surface area contributed by atoms with Gasteiger partial charge in [-0.3, -0.25) is 4.79 Å². The predicted molar refractivity (Wildman–Crippen MR) is 96.4 cm³/mol. The van der Waals surface area contributed by atoms with Crippen molar-refractivity contribution in [1.29, 1.82) is 0 Å². The normalized spacial score (nSPS) is 17.8. The molecule has 0 unspecified atom stereocenters. The molecule has 0 radical (unpaired) electrons. The van der Waals surface area contributed by atoms with E-state index in [1.54, 1.807) is 16.7 Å². The highest BCUT2D eigenvalue weighted by Gasteiger charge is 2.27. The van der Waals surface area contributed by atoms with Gasteiger partial charge in [0, 0.05) is 17.0 Å². The molecule has 1 atom stereocenters.